The molecule has 0 aromatic heterocycles. The second-order valence-corrected chi connectivity index (χ2v) is 7.89. The van der Waals surface area contributed by atoms with Crippen molar-refractivity contribution in [2.24, 2.45) is 5.73 Å². The fourth-order valence-electron chi connectivity index (χ4n) is 1.93. The smallest absolute Gasteiger partial charge is 0.221 e. The van der Waals surface area contributed by atoms with Crippen molar-refractivity contribution in [1.29, 1.82) is 0 Å². The van der Waals surface area contributed by atoms with Crippen molar-refractivity contribution in [3.05, 3.63) is 77.8 Å². The van der Waals surface area contributed by atoms with Crippen molar-refractivity contribution in [2.45, 2.75) is 40.0 Å². The number of aldehydes is 1. The molecule has 172 valence electrons. The Morgan fingerprint density at radius 1 is 1.19 bits per heavy atom. The van der Waals surface area contributed by atoms with E-state index < -0.39 is 0 Å². The minimum atomic E-state index is -0.307. The highest BCUT2D eigenvalue weighted by Crippen LogP contribution is 2.26. The summed E-state index contributed by atoms with van der Waals surface area (Å²) in [5.74, 6) is 1.48. The summed E-state index contributed by atoms with van der Waals surface area (Å²) in [5, 5.41) is 3.06. The normalized spacial score (nSPS) is 11.1. The molecule has 1 rings (SSSR count). The molecule has 0 bridgehead atoms. The van der Waals surface area contributed by atoms with Crippen LogP contribution in [0.15, 0.2) is 72.2 Å². The van der Waals surface area contributed by atoms with Gasteiger partial charge in [-0.05, 0) is 37.8 Å². The minimum Gasteiger partial charge on any atom is -0.369 e. The van der Waals surface area contributed by atoms with Gasteiger partial charge < -0.3 is 15.8 Å². The average molecular weight is 463 g/mol. The Morgan fingerprint density at radius 2 is 1.87 bits per heavy atom. The lowest BCUT2D eigenvalue weighted by Gasteiger charge is -2.06. The van der Waals surface area contributed by atoms with Crippen LogP contribution in [0.3, 0.4) is 0 Å². The molecular formula is C25H38N2O2S2. The van der Waals surface area contributed by atoms with Crippen LogP contribution in [-0.2, 0) is 9.59 Å². The molecule has 1 aromatic carbocycles. The first-order chi connectivity index (χ1) is 15.1. The lowest BCUT2D eigenvalue weighted by molar-refractivity contribution is -0.117. The number of carbonyl (C=O) groups is 2. The quantitative estimate of drug-likeness (QED) is 0.158. The van der Waals surface area contributed by atoms with E-state index in [9.17, 15) is 9.59 Å². The number of amides is 1. The van der Waals surface area contributed by atoms with Crippen molar-refractivity contribution in [2.75, 3.05) is 18.7 Å². The van der Waals surface area contributed by atoms with Gasteiger partial charge in [-0.1, -0.05) is 75.1 Å². The summed E-state index contributed by atoms with van der Waals surface area (Å²) in [6, 6.07) is 9.98. The summed E-state index contributed by atoms with van der Waals surface area (Å²) in [5.41, 5.74) is 6.25. The van der Waals surface area contributed by atoms with Gasteiger partial charge in [-0.25, -0.2) is 0 Å². The minimum absolute atomic E-state index is 0.279. The van der Waals surface area contributed by atoms with Crippen molar-refractivity contribution in [3.8, 4) is 0 Å². The van der Waals surface area contributed by atoms with Crippen LogP contribution in [0.4, 0.5) is 0 Å². The summed E-state index contributed by atoms with van der Waals surface area (Å²) in [7, 11) is 1.89. The maximum absolute atomic E-state index is 10.8. The Morgan fingerprint density at radius 3 is 2.39 bits per heavy atom. The van der Waals surface area contributed by atoms with Crippen LogP contribution in [0.25, 0.3) is 4.91 Å². The predicted molar refractivity (Wildman–Crippen MR) is 142 cm³/mol. The molecule has 0 atom stereocenters. The van der Waals surface area contributed by atoms with E-state index in [1.807, 2.05) is 88.5 Å². The zero-order valence-corrected chi connectivity index (χ0v) is 20.9. The number of hydrogen-bond acceptors (Lipinski definition) is 5. The fourth-order valence-corrected chi connectivity index (χ4v) is 3.57. The van der Waals surface area contributed by atoms with E-state index in [-0.39, 0.29) is 12.3 Å². The summed E-state index contributed by atoms with van der Waals surface area (Å²) in [6.45, 7) is 9.70. The number of thioether (sulfide) groups is 2. The molecule has 31 heavy (non-hydrogen) atoms. The molecule has 0 fully saturated rings. The van der Waals surface area contributed by atoms with Crippen LogP contribution < -0.4 is 11.1 Å². The molecule has 6 heteroatoms. The van der Waals surface area contributed by atoms with Crippen LogP contribution in [0, 0.1) is 0 Å². The van der Waals surface area contributed by atoms with Crippen LogP contribution in [0.2, 0.25) is 0 Å². The summed E-state index contributed by atoms with van der Waals surface area (Å²) in [4.78, 5) is 23.0. The van der Waals surface area contributed by atoms with Crippen molar-refractivity contribution >= 4 is 40.6 Å². The number of rotatable bonds is 13. The van der Waals surface area contributed by atoms with Gasteiger partial charge in [-0.3, -0.25) is 4.79 Å². The van der Waals surface area contributed by atoms with E-state index in [1.165, 1.54) is 0 Å². The van der Waals surface area contributed by atoms with Crippen molar-refractivity contribution in [3.63, 3.8) is 0 Å². The Kier molecular flexibility index (Phi) is 24.4. The standard InChI is InChI=1S/C12H16N2OS.C11H16OS.C2H6/c1-14-9-16-11(7-8-12(13)15)10-5-3-2-4-6-10;1-3-5-8-11(4-2)13-10-7-6-9-12;1-2/h2-7,14H,8-9H2,1H3,(H2,13,15);3-5,8-9H,2,6-7,10H2,1H3;1-2H3/b11-7-;5-3+,11-8+;. The second-order valence-electron chi connectivity index (χ2n) is 5.70. The second kappa shape index (κ2) is 24.3. The summed E-state index contributed by atoms with van der Waals surface area (Å²) in [6.07, 6.45) is 12.5. The first-order valence-electron chi connectivity index (χ1n) is 10.4. The third kappa shape index (κ3) is 19.7. The molecule has 0 aliphatic rings. The molecule has 4 nitrogen and oxygen atoms in total. The zero-order chi connectivity index (χ0) is 23.7. The van der Waals surface area contributed by atoms with Gasteiger partial charge in [0.1, 0.15) is 6.29 Å². The monoisotopic (exact) mass is 462 g/mol. The number of hydrogen-bond donors (Lipinski definition) is 2. The lowest BCUT2D eigenvalue weighted by Crippen LogP contribution is -2.08. The van der Waals surface area contributed by atoms with E-state index >= 15 is 0 Å². The number of unbranched alkanes of at least 4 members (excludes halogenated alkanes) is 1. The SMILES string of the molecule is C=C/C(=C\C=C\C)SCCCC=O.CC.CNCS/C(=C\CC(N)=O)c1ccccc1. The molecule has 0 unspecified atom stereocenters. The molecule has 1 aromatic rings. The molecule has 0 aliphatic heterocycles. The van der Waals surface area contributed by atoms with Crippen LogP contribution in [0.5, 0.6) is 0 Å². The largest absolute Gasteiger partial charge is 0.369 e. The van der Waals surface area contributed by atoms with Gasteiger partial charge in [0.15, 0.2) is 0 Å². The molecule has 0 radical (unpaired) electrons. The van der Waals surface area contributed by atoms with E-state index in [0.29, 0.717) is 6.42 Å². The first-order valence-corrected chi connectivity index (χ1v) is 12.4. The maximum atomic E-state index is 10.8. The van der Waals surface area contributed by atoms with E-state index in [4.69, 9.17) is 5.73 Å². The van der Waals surface area contributed by atoms with Crippen LogP contribution >= 0.6 is 23.5 Å². The van der Waals surface area contributed by atoms with Crippen LogP contribution in [0.1, 0.15) is 45.6 Å². The Bertz CT molecular complexity index is 684. The predicted octanol–water partition coefficient (Wildman–Crippen LogP) is 6.18. The van der Waals surface area contributed by atoms with Gasteiger partial charge >= 0.3 is 0 Å². The molecule has 0 saturated carbocycles. The number of benzene rings is 1. The molecule has 0 aliphatic carbocycles. The topological polar surface area (TPSA) is 72.2 Å². The highest BCUT2D eigenvalue weighted by Gasteiger charge is 2.02. The van der Waals surface area contributed by atoms with E-state index in [0.717, 1.165) is 39.7 Å². The number of primary amides is 1. The number of nitrogens with two attached hydrogens (primary N) is 1. The Hall–Kier alpha value is -2.02. The molecular weight excluding hydrogens is 424 g/mol. The first kappa shape index (κ1) is 31.2. The van der Waals surface area contributed by atoms with Gasteiger partial charge in [0.2, 0.25) is 5.91 Å². The average Bonchev–Trinajstić information content (AvgIpc) is 2.81. The number of allylic oxidation sites excluding steroid dienone is 4. The molecule has 3 N–H and O–H groups in total. The third-order valence-corrected chi connectivity index (χ3v) is 5.58. The lowest BCUT2D eigenvalue weighted by atomic mass is 10.2. The van der Waals surface area contributed by atoms with E-state index in [1.54, 1.807) is 23.5 Å². The zero-order valence-electron chi connectivity index (χ0n) is 19.3. The molecule has 1 amide bonds. The summed E-state index contributed by atoms with van der Waals surface area (Å²) < 4.78 is 0. The van der Waals surface area contributed by atoms with Crippen molar-refractivity contribution in [1.82, 2.24) is 5.32 Å². The van der Waals surface area contributed by atoms with Gasteiger partial charge in [-0.2, -0.15) is 0 Å². The Balaban J connectivity index is 0. The van der Waals surface area contributed by atoms with Crippen LogP contribution in [-0.4, -0.2) is 30.9 Å². The van der Waals surface area contributed by atoms with Gasteiger partial charge in [-0.15, -0.1) is 23.5 Å². The van der Waals surface area contributed by atoms with Gasteiger partial charge in [0, 0.05) is 28.5 Å². The number of nitrogens with one attached hydrogen (secondary N) is 1. The molecule has 0 spiro atoms. The van der Waals surface area contributed by atoms with Gasteiger partial charge in [0.05, 0.1) is 0 Å². The maximum Gasteiger partial charge on any atom is 0.221 e. The van der Waals surface area contributed by atoms with Crippen molar-refractivity contribution < 1.29 is 9.59 Å². The number of carbonyl (C=O) groups excluding carboxylic acids is 2. The summed E-state index contributed by atoms with van der Waals surface area (Å²) >= 11 is 3.39. The molecule has 0 saturated heterocycles. The van der Waals surface area contributed by atoms with Gasteiger partial charge in [0.25, 0.3) is 0 Å². The molecule has 0 heterocycles. The third-order valence-electron chi connectivity index (χ3n) is 3.31. The fraction of sp³-hybridized carbons (Fsp3) is 0.360. The Labute approximate surface area is 197 Å². The highest BCUT2D eigenvalue weighted by atomic mass is 32.2. The highest BCUT2D eigenvalue weighted by molar-refractivity contribution is 8.08. The van der Waals surface area contributed by atoms with E-state index in [2.05, 4.69) is 11.9 Å².